The molecule has 21 heavy (non-hydrogen) atoms. The highest BCUT2D eigenvalue weighted by molar-refractivity contribution is 5.41. The van der Waals surface area contributed by atoms with E-state index < -0.39 is 0 Å². The number of benzene rings is 1. The van der Waals surface area contributed by atoms with Gasteiger partial charge in [0.15, 0.2) is 0 Å². The van der Waals surface area contributed by atoms with Crippen LogP contribution in [0.25, 0.3) is 0 Å². The molecule has 1 aromatic rings. The minimum absolute atomic E-state index is 0.828. The first kappa shape index (κ1) is 12.7. The van der Waals surface area contributed by atoms with Crippen molar-refractivity contribution in [3.63, 3.8) is 0 Å². The highest BCUT2D eigenvalue weighted by atomic mass is 15.3. The normalized spacial score (nSPS) is 38.3. The average molecular weight is 282 g/mol. The Morgan fingerprint density at radius 1 is 0.952 bits per heavy atom. The molecule has 2 bridgehead atoms. The van der Waals surface area contributed by atoms with Crippen LogP contribution in [0.1, 0.15) is 48.3 Å². The van der Waals surface area contributed by atoms with Crippen molar-refractivity contribution in [3.05, 3.63) is 34.9 Å². The van der Waals surface area contributed by atoms with Crippen molar-refractivity contribution in [2.75, 3.05) is 26.2 Å². The lowest BCUT2D eigenvalue weighted by Gasteiger charge is -2.51. The summed E-state index contributed by atoms with van der Waals surface area (Å²) < 4.78 is 0. The molecule has 5 aliphatic rings. The van der Waals surface area contributed by atoms with Crippen molar-refractivity contribution in [1.29, 1.82) is 0 Å². The van der Waals surface area contributed by atoms with Gasteiger partial charge in [-0.2, -0.15) is 0 Å². The van der Waals surface area contributed by atoms with Gasteiger partial charge in [-0.1, -0.05) is 18.2 Å². The van der Waals surface area contributed by atoms with Crippen LogP contribution in [0.5, 0.6) is 0 Å². The van der Waals surface area contributed by atoms with E-state index in [9.17, 15) is 0 Å². The van der Waals surface area contributed by atoms with Crippen LogP contribution in [-0.2, 0) is 13.0 Å². The Morgan fingerprint density at radius 2 is 1.81 bits per heavy atom. The second-order valence-corrected chi connectivity index (χ2v) is 7.71. The second kappa shape index (κ2) is 4.82. The highest BCUT2D eigenvalue weighted by Crippen LogP contribution is 2.41. The number of aryl methyl sites for hydroxylation is 1. The topological polar surface area (TPSA) is 6.48 Å². The summed E-state index contributed by atoms with van der Waals surface area (Å²) >= 11 is 0. The fraction of sp³-hybridized carbons (Fsp3) is 0.684. The van der Waals surface area contributed by atoms with Gasteiger partial charge in [-0.05, 0) is 73.7 Å². The maximum Gasteiger partial charge on any atom is 0.0256 e. The Hall–Kier alpha value is -0.860. The molecule has 0 radical (unpaired) electrons. The molecule has 0 spiro atoms. The smallest absolute Gasteiger partial charge is 0.0256 e. The van der Waals surface area contributed by atoms with Crippen LogP contribution in [0.15, 0.2) is 18.2 Å². The predicted octanol–water partition coefficient (Wildman–Crippen LogP) is 3.02. The first-order valence-electron chi connectivity index (χ1n) is 8.95. The van der Waals surface area contributed by atoms with Crippen LogP contribution in [-0.4, -0.2) is 42.0 Å². The van der Waals surface area contributed by atoms with Gasteiger partial charge in [0, 0.05) is 25.7 Å². The molecule has 2 heteroatoms. The zero-order chi connectivity index (χ0) is 13.8. The van der Waals surface area contributed by atoms with Crippen LogP contribution < -0.4 is 0 Å². The van der Waals surface area contributed by atoms with Crippen molar-refractivity contribution in [3.8, 4) is 0 Å². The molecule has 1 aliphatic carbocycles. The van der Waals surface area contributed by atoms with Crippen LogP contribution in [0.3, 0.4) is 0 Å². The average Bonchev–Trinajstić information content (AvgIpc) is 2.56. The molecule has 1 aromatic carbocycles. The molecule has 0 amide bonds. The van der Waals surface area contributed by atoms with Crippen molar-refractivity contribution in [1.82, 2.24) is 9.80 Å². The summed E-state index contributed by atoms with van der Waals surface area (Å²) in [5.41, 5.74) is 5.07. The Balaban J connectivity index is 1.46. The summed E-state index contributed by atoms with van der Waals surface area (Å²) in [7, 11) is 0. The van der Waals surface area contributed by atoms with Crippen LogP contribution in [0, 0.1) is 5.92 Å². The fourth-order valence-corrected chi connectivity index (χ4v) is 5.58. The summed E-state index contributed by atoms with van der Waals surface area (Å²) in [5.74, 6) is 1.80. The largest absolute Gasteiger partial charge is 0.302 e. The number of hydrogen-bond acceptors (Lipinski definition) is 2. The minimum Gasteiger partial charge on any atom is -0.302 e. The van der Waals surface area contributed by atoms with Gasteiger partial charge in [0.25, 0.3) is 0 Å². The molecule has 3 fully saturated rings. The van der Waals surface area contributed by atoms with Gasteiger partial charge in [-0.25, -0.2) is 0 Å². The van der Waals surface area contributed by atoms with Crippen molar-refractivity contribution in [2.45, 2.75) is 50.6 Å². The van der Waals surface area contributed by atoms with Gasteiger partial charge < -0.3 is 4.90 Å². The van der Waals surface area contributed by atoms with E-state index in [0.717, 1.165) is 17.9 Å². The van der Waals surface area contributed by atoms with Crippen LogP contribution in [0.4, 0.5) is 0 Å². The lowest BCUT2D eigenvalue weighted by molar-refractivity contribution is -0.00571. The summed E-state index contributed by atoms with van der Waals surface area (Å²) in [4.78, 5) is 5.57. The van der Waals surface area contributed by atoms with Gasteiger partial charge in [0.05, 0.1) is 0 Å². The van der Waals surface area contributed by atoms with Gasteiger partial charge in [0.2, 0.25) is 0 Å². The van der Waals surface area contributed by atoms with Gasteiger partial charge in [-0.15, -0.1) is 0 Å². The number of rotatable bonds is 1. The van der Waals surface area contributed by atoms with Crippen LogP contribution >= 0.6 is 0 Å². The maximum absolute atomic E-state index is 2.86. The summed E-state index contributed by atoms with van der Waals surface area (Å²) in [6, 6.07) is 7.93. The third-order valence-corrected chi connectivity index (χ3v) is 6.61. The Morgan fingerprint density at radius 3 is 2.62 bits per heavy atom. The molecule has 2 nitrogen and oxygen atoms in total. The molecular formula is C19H26N2. The fourth-order valence-electron chi connectivity index (χ4n) is 5.58. The molecule has 0 unspecified atom stereocenters. The third kappa shape index (κ3) is 1.99. The van der Waals surface area contributed by atoms with Crippen LogP contribution in [0.2, 0.25) is 0 Å². The second-order valence-electron chi connectivity index (χ2n) is 7.71. The molecule has 0 N–H and O–H groups in total. The molecular weight excluding hydrogens is 256 g/mol. The number of nitrogens with zero attached hydrogens (tertiary/aromatic N) is 2. The van der Waals surface area contributed by atoms with E-state index in [-0.39, 0.29) is 0 Å². The lowest BCUT2D eigenvalue weighted by atomic mass is 9.75. The molecule has 0 aromatic heterocycles. The molecule has 2 atom stereocenters. The Labute approximate surface area is 128 Å². The van der Waals surface area contributed by atoms with Gasteiger partial charge >= 0.3 is 0 Å². The number of hydrogen-bond donors (Lipinski definition) is 0. The summed E-state index contributed by atoms with van der Waals surface area (Å²) in [6.07, 6.45) is 7.02. The van der Waals surface area contributed by atoms with Gasteiger partial charge in [-0.3, -0.25) is 4.90 Å². The zero-order valence-corrected chi connectivity index (χ0v) is 12.9. The van der Waals surface area contributed by atoms with Crippen molar-refractivity contribution >= 4 is 0 Å². The quantitative estimate of drug-likeness (QED) is 0.781. The van der Waals surface area contributed by atoms with E-state index in [2.05, 4.69) is 28.0 Å². The first-order valence-corrected chi connectivity index (χ1v) is 8.95. The van der Waals surface area contributed by atoms with E-state index in [1.807, 2.05) is 0 Å². The van der Waals surface area contributed by atoms with E-state index in [1.165, 1.54) is 64.8 Å². The Kier molecular flexibility index (Phi) is 2.91. The van der Waals surface area contributed by atoms with E-state index in [0.29, 0.717) is 0 Å². The summed E-state index contributed by atoms with van der Waals surface area (Å²) in [6.45, 7) is 6.61. The van der Waals surface area contributed by atoms with E-state index >= 15 is 0 Å². The van der Waals surface area contributed by atoms with E-state index in [1.54, 1.807) is 16.7 Å². The molecule has 4 heterocycles. The third-order valence-electron chi connectivity index (χ3n) is 6.61. The van der Waals surface area contributed by atoms with Gasteiger partial charge in [0.1, 0.15) is 0 Å². The predicted molar refractivity (Wildman–Crippen MR) is 85.5 cm³/mol. The zero-order valence-electron chi connectivity index (χ0n) is 12.9. The lowest BCUT2D eigenvalue weighted by Crippen LogP contribution is -2.58. The molecule has 112 valence electrons. The standard InChI is InChI=1S/C19H26N2/c1-3-15-4-2-6-17-12-21(11-16(5-1)19(15)17)18-13-20-9-7-14(18)8-10-20/h1,3,5,14,17-18H,2,4,6-13H2/t17-,18+/m1/s1. The van der Waals surface area contributed by atoms with E-state index in [4.69, 9.17) is 0 Å². The molecule has 4 aliphatic heterocycles. The minimum atomic E-state index is 0.828. The SMILES string of the molecule is c1cc2c3c(c1)CN([C@H]1CN4CCC1CC4)C[C@H]3CCC2. The maximum atomic E-state index is 2.86. The van der Waals surface area contributed by atoms with Crippen molar-refractivity contribution < 1.29 is 0 Å². The van der Waals surface area contributed by atoms with Crippen molar-refractivity contribution in [2.24, 2.45) is 5.92 Å². The summed E-state index contributed by atoms with van der Waals surface area (Å²) in [5, 5.41) is 0. The highest BCUT2D eigenvalue weighted by Gasteiger charge is 2.40. The number of fused-ring (bicyclic) bond motifs is 3. The monoisotopic (exact) mass is 282 g/mol. The Bertz CT molecular complexity index is 544. The number of piperidine rings is 3. The molecule has 3 saturated heterocycles. The molecule has 6 rings (SSSR count). The first-order chi connectivity index (χ1) is 10.4. The molecule has 0 saturated carbocycles.